The van der Waals surface area contributed by atoms with Crippen molar-refractivity contribution >= 4 is 27.7 Å². The van der Waals surface area contributed by atoms with Gasteiger partial charge in [0.25, 0.3) is 5.24 Å². The van der Waals surface area contributed by atoms with Gasteiger partial charge in [-0.2, -0.15) is 0 Å². The molecular formula is C15H30N2O3S2. The fraction of sp³-hybridized carbons (Fsp3) is 0.933. The number of hydrogen-bond donors (Lipinski definition) is 2. The number of nitrogens with one attached hydrogen (secondary N) is 1. The molecule has 130 valence electrons. The highest BCUT2D eigenvalue weighted by atomic mass is 33.1. The largest absolute Gasteiger partial charge is 0.380 e. The Kier molecular flexibility index (Phi) is 9.82. The number of carbonyl (C=O) groups is 1. The van der Waals surface area contributed by atoms with E-state index in [0.29, 0.717) is 18.6 Å². The van der Waals surface area contributed by atoms with Crippen LogP contribution in [0.3, 0.4) is 0 Å². The zero-order valence-electron chi connectivity index (χ0n) is 14.0. The van der Waals surface area contributed by atoms with Crippen molar-refractivity contribution in [1.29, 1.82) is 0 Å². The van der Waals surface area contributed by atoms with Crippen molar-refractivity contribution in [2.45, 2.75) is 39.7 Å². The molecule has 1 rings (SSSR count). The average molecular weight is 351 g/mol. The van der Waals surface area contributed by atoms with E-state index in [1.54, 1.807) is 0 Å². The van der Waals surface area contributed by atoms with Crippen LogP contribution in [0.25, 0.3) is 0 Å². The van der Waals surface area contributed by atoms with E-state index < -0.39 is 0 Å². The van der Waals surface area contributed by atoms with Gasteiger partial charge in [-0.25, -0.2) is 0 Å². The zero-order chi connectivity index (χ0) is 16.4. The van der Waals surface area contributed by atoms with Gasteiger partial charge in [0.2, 0.25) is 0 Å². The summed E-state index contributed by atoms with van der Waals surface area (Å²) in [7, 11) is 0.892. The minimum absolute atomic E-state index is 0.0547. The summed E-state index contributed by atoms with van der Waals surface area (Å²) in [5, 5.41) is 2.65. The maximum Gasteiger partial charge on any atom is 0.289 e. The van der Waals surface area contributed by atoms with Crippen molar-refractivity contribution in [1.82, 2.24) is 10.2 Å². The Morgan fingerprint density at radius 1 is 1.45 bits per heavy atom. The highest BCUT2D eigenvalue weighted by Crippen LogP contribution is 2.20. The van der Waals surface area contributed by atoms with E-state index in [-0.39, 0.29) is 11.3 Å². The summed E-state index contributed by atoms with van der Waals surface area (Å²) >= 11 is 3.86. The quantitative estimate of drug-likeness (QED) is 0.400. The number of nitrogens with zero attached hydrogens (tertiary/aromatic N) is 1. The summed E-state index contributed by atoms with van der Waals surface area (Å²) in [5.41, 5.74) is 0.385. The predicted molar refractivity (Wildman–Crippen MR) is 95.7 cm³/mol. The summed E-state index contributed by atoms with van der Waals surface area (Å²) in [6, 6.07) is 0. The van der Waals surface area contributed by atoms with Gasteiger partial charge in [0.1, 0.15) is 0 Å². The number of ether oxygens (including phenoxy) is 2. The topological polar surface area (TPSA) is 50.8 Å². The van der Waals surface area contributed by atoms with Crippen LogP contribution >= 0.6 is 22.5 Å². The summed E-state index contributed by atoms with van der Waals surface area (Å²) < 4.78 is 11.4. The molecule has 0 aromatic carbocycles. The van der Waals surface area contributed by atoms with Gasteiger partial charge in [0.15, 0.2) is 0 Å². The van der Waals surface area contributed by atoms with Crippen LogP contribution in [-0.4, -0.2) is 62.2 Å². The molecule has 0 radical (unpaired) electrons. The molecule has 22 heavy (non-hydrogen) atoms. The normalized spacial score (nSPS) is 20.1. The molecule has 0 aromatic rings. The van der Waals surface area contributed by atoms with E-state index in [1.165, 1.54) is 6.42 Å². The first-order valence-electron chi connectivity index (χ1n) is 7.91. The Bertz CT molecular complexity index is 324. The third-order valence-corrected chi connectivity index (χ3v) is 4.35. The van der Waals surface area contributed by atoms with Crippen LogP contribution in [0.4, 0.5) is 4.79 Å². The van der Waals surface area contributed by atoms with Crippen LogP contribution in [0.5, 0.6) is 0 Å². The lowest BCUT2D eigenvalue weighted by molar-refractivity contribution is -0.0337. The molecule has 0 unspecified atom stereocenters. The first-order valence-corrected chi connectivity index (χ1v) is 9.78. The minimum Gasteiger partial charge on any atom is -0.380 e. The Balaban J connectivity index is 2.07. The van der Waals surface area contributed by atoms with Crippen molar-refractivity contribution in [3.05, 3.63) is 0 Å². The molecule has 0 spiro atoms. The number of amides is 1. The second-order valence-corrected chi connectivity index (χ2v) is 7.93. The zero-order valence-corrected chi connectivity index (χ0v) is 15.7. The van der Waals surface area contributed by atoms with Gasteiger partial charge in [-0.3, -0.25) is 9.69 Å². The lowest BCUT2D eigenvalue weighted by Crippen LogP contribution is -2.47. The molecule has 1 amide bonds. The van der Waals surface area contributed by atoms with E-state index in [1.807, 2.05) is 0 Å². The maximum atomic E-state index is 11.2. The molecule has 7 heteroatoms. The van der Waals surface area contributed by atoms with Gasteiger partial charge < -0.3 is 14.8 Å². The second kappa shape index (κ2) is 10.8. The Morgan fingerprint density at radius 2 is 2.23 bits per heavy atom. The van der Waals surface area contributed by atoms with Crippen LogP contribution in [0.15, 0.2) is 0 Å². The molecule has 1 aliphatic rings. The number of hydrogen-bond acceptors (Lipinski definition) is 6. The van der Waals surface area contributed by atoms with E-state index in [9.17, 15) is 4.79 Å². The van der Waals surface area contributed by atoms with E-state index in [4.69, 9.17) is 9.47 Å². The molecular weight excluding hydrogens is 320 g/mol. The van der Waals surface area contributed by atoms with Crippen molar-refractivity contribution < 1.29 is 14.3 Å². The Morgan fingerprint density at radius 3 is 2.91 bits per heavy atom. The molecule has 1 atom stereocenters. The molecule has 0 saturated carbocycles. The lowest BCUT2D eigenvalue weighted by atomic mass is 9.91. The molecule has 5 nitrogen and oxygen atoms in total. The highest BCUT2D eigenvalue weighted by Gasteiger charge is 2.20. The molecule has 1 heterocycles. The fourth-order valence-electron chi connectivity index (χ4n) is 2.34. The third-order valence-electron chi connectivity index (χ3n) is 3.55. The number of thiol groups is 1. The monoisotopic (exact) mass is 350 g/mol. The van der Waals surface area contributed by atoms with Gasteiger partial charge in [-0.15, -0.1) is 11.7 Å². The van der Waals surface area contributed by atoms with Gasteiger partial charge in [0.05, 0.1) is 19.3 Å². The van der Waals surface area contributed by atoms with E-state index >= 15 is 0 Å². The molecule has 1 N–H and O–H groups in total. The van der Waals surface area contributed by atoms with Gasteiger partial charge in [0, 0.05) is 43.6 Å². The molecule has 0 aliphatic carbocycles. The molecule has 0 aromatic heterocycles. The second-order valence-electron chi connectivity index (χ2n) is 6.83. The van der Waals surface area contributed by atoms with E-state index in [2.05, 4.69) is 42.6 Å². The van der Waals surface area contributed by atoms with Crippen molar-refractivity contribution in [2.24, 2.45) is 5.41 Å². The first-order chi connectivity index (χ1) is 10.4. The third kappa shape index (κ3) is 9.94. The first kappa shape index (κ1) is 20.1. The van der Waals surface area contributed by atoms with Gasteiger partial charge in [-0.1, -0.05) is 20.8 Å². The minimum atomic E-state index is -0.133. The lowest BCUT2D eigenvalue weighted by Gasteiger charge is -2.32. The van der Waals surface area contributed by atoms with Crippen LogP contribution in [0, 0.1) is 5.41 Å². The molecule has 0 bridgehead atoms. The molecule has 1 saturated heterocycles. The maximum absolute atomic E-state index is 11.2. The SMILES string of the molecule is CC(C)(C)CCCOCCN1CCO[C@@H](CNC(=O)SS)C1. The van der Waals surface area contributed by atoms with Gasteiger partial charge >= 0.3 is 0 Å². The van der Waals surface area contributed by atoms with E-state index in [0.717, 1.165) is 50.1 Å². The van der Waals surface area contributed by atoms with Crippen LogP contribution in [0.2, 0.25) is 0 Å². The fourth-order valence-corrected chi connectivity index (χ4v) is 2.68. The van der Waals surface area contributed by atoms with Crippen LogP contribution < -0.4 is 5.32 Å². The highest BCUT2D eigenvalue weighted by molar-refractivity contribution is 8.74. The summed E-state index contributed by atoms with van der Waals surface area (Å²) in [4.78, 5) is 13.5. The summed E-state index contributed by atoms with van der Waals surface area (Å²) in [6.45, 7) is 12.3. The Labute approximate surface area is 143 Å². The van der Waals surface area contributed by atoms with Gasteiger partial charge in [-0.05, 0) is 18.3 Å². The molecule has 1 aliphatic heterocycles. The smallest absolute Gasteiger partial charge is 0.289 e. The number of morpholine rings is 1. The summed E-state index contributed by atoms with van der Waals surface area (Å²) in [6.07, 6.45) is 2.36. The summed E-state index contributed by atoms with van der Waals surface area (Å²) in [5.74, 6) is 0. The number of rotatable bonds is 8. The standard InChI is InChI=1S/C15H30N2O3S2/c1-15(2,3)5-4-8-19-9-6-17-7-10-20-13(12-17)11-16-14(18)22-21/h13,21H,4-12H2,1-3H3,(H,16,18)/t13-/m0/s1. The Hall–Kier alpha value is 0.0500. The van der Waals surface area contributed by atoms with Crippen LogP contribution in [0.1, 0.15) is 33.6 Å². The van der Waals surface area contributed by atoms with Crippen molar-refractivity contribution in [3.8, 4) is 0 Å². The van der Waals surface area contributed by atoms with Crippen molar-refractivity contribution in [2.75, 3.05) is 46.0 Å². The number of carbonyl (C=O) groups excluding carboxylic acids is 1. The average Bonchev–Trinajstić information content (AvgIpc) is 2.47. The molecule has 1 fully saturated rings. The predicted octanol–water partition coefficient (Wildman–Crippen LogP) is 2.82. The van der Waals surface area contributed by atoms with Crippen LogP contribution in [-0.2, 0) is 9.47 Å². The van der Waals surface area contributed by atoms with Crippen molar-refractivity contribution in [3.63, 3.8) is 0 Å².